The van der Waals surface area contributed by atoms with Gasteiger partial charge >= 0.3 is 0 Å². The lowest BCUT2D eigenvalue weighted by atomic mass is 10.0. The van der Waals surface area contributed by atoms with E-state index in [2.05, 4.69) is 122 Å². The number of rotatable bonds is 7. The van der Waals surface area contributed by atoms with Gasteiger partial charge in [0.05, 0.1) is 15.9 Å². The Bertz CT molecular complexity index is 1920. The van der Waals surface area contributed by atoms with Gasteiger partial charge in [0.15, 0.2) is 11.0 Å². The molecule has 1 atom stereocenters. The lowest BCUT2D eigenvalue weighted by molar-refractivity contribution is 0.810. The molecule has 0 radical (unpaired) electrons. The zero-order valence-corrected chi connectivity index (χ0v) is 29.1. The summed E-state index contributed by atoms with van der Waals surface area (Å²) in [6.07, 6.45) is 3.75. The van der Waals surface area contributed by atoms with Crippen molar-refractivity contribution in [3.8, 4) is 0 Å². The molecule has 1 aliphatic heterocycles. The minimum Gasteiger partial charge on any atom is -0.338 e. The number of aromatic nitrogens is 3. The van der Waals surface area contributed by atoms with Crippen molar-refractivity contribution in [2.24, 2.45) is 10.1 Å². The summed E-state index contributed by atoms with van der Waals surface area (Å²) in [5.74, 6) is 0.672. The van der Waals surface area contributed by atoms with Gasteiger partial charge in [-0.1, -0.05) is 70.6 Å². The van der Waals surface area contributed by atoms with Gasteiger partial charge in [-0.15, -0.1) is 0 Å². The van der Waals surface area contributed by atoms with Crippen molar-refractivity contribution >= 4 is 78.0 Å². The predicted molar refractivity (Wildman–Crippen MR) is 194 cm³/mol. The van der Waals surface area contributed by atoms with E-state index in [-0.39, 0.29) is 6.17 Å². The van der Waals surface area contributed by atoms with Gasteiger partial charge < -0.3 is 5.32 Å². The molecular formula is C34H36N8S3. The highest BCUT2D eigenvalue weighted by Gasteiger charge is 2.30. The van der Waals surface area contributed by atoms with Gasteiger partial charge in [0, 0.05) is 17.2 Å². The summed E-state index contributed by atoms with van der Waals surface area (Å²) in [5, 5.41) is 10.8. The molecule has 0 spiro atoms. The zero-order valence-electron chi connectivity index (χ0n) is 26.7. The van der Waals surface area contributed by atoms with Crippen molar-refractivity contribution < 1.29 is 0 Å². The lowest BCUT2D eigenvalue weighted by Gasteiger charge is -2.33. The van der Waals surface area contributed by atoms with Crippen molar-refractivity contribution in [2.45, 2.75) is 59.8 Å². The van der Waals surface area contributed by atoms with Gasteiger partial charge in [-0.25, -0.2) is 9.98 Å². The molecule has 0 fully saturated rings. The Morgan fingerprint density at radius 1 is 0.867 bits per heavy atom. The Labute approximate surface area is 276 Å². The van der Waals surface area contributed by atoms with E-state index in [1.54, 1.807) is 11.3 Å². The highest BCUT2D eigenvalue weighted by Crippen LogP contribution is 2.40. The van der Waals surface area contributed by atoms with Crippen LogP contribution >= 0.6 is 34.6 Å². The van der Waals surface area contributed by atoms with Gasteiger partial charge in [-0.2, -0.15) is 14.5 Å². The van der Waals surface area contributed by atoms with Gasteiger partial charge in [-0.05, 0) is 101 Å². The largest absolute Gasteiger partial charge is 0.338 e. The molecular weight excluding hydrogens is 617 g/mol. The van der Waals surface area contributed by atoms with Crippen LogP contribution in [0.3, 0.4) is 0 Å². The van der Waals surface area contributed by atoms with Crippen LogP contribution in [0.1, 0.15) is 40.3 Å². The first-order valence-corrected chi connectivity index (χ1v) is 17.5. The molecule has 230 valence electrons. The number of fused-ring (bicyclic) bond motifs is 1. The Kier molecular flexibility index (Phi) is 8.76. The van der Waals surface area contributed by atoms with E-state index in [9.17, 15) is 0 Å². The summed E-state index contributed by atoms with van der Waals surface area (Å²) in [6, 6.07) is 17.1. The summed E-state index contributed by atoms with van der Waals surface area (Å²) in [7, 11) is 0. The molecule has 2 N–H and O–H groups in total. The van der Waals surface area contributed by atoms with E-state index in [4.69, 9.17) is 15.1 Å². The number of hydrogen-bond donors (Lipinski definition) is 2. The Balaban J connectivity index is 1.51. The Morgan fingerprint density at radius 3 is 2.18 bits per heavy atom. The molecule has 5 aromatic rings. The number of thioether (sulfide) groups is 1. The molecule has 3 heterocycles. The van der Waals surface area contributed by atoms with Crippen LogP contribution in [0.15, 0.2) is 75.4 Å². The quantitative estimate of drug-likeness (QED) is 0.134. The molecule has 45 heavy (non-hydrogen) atoms. The fourth-order valence-corrected chi connectivity index (χ4v) is 7.95. The van der Waals surface area contributed by atoms with Gasteiger partial charge in [0.2, 0.25) is 10.3 Å². The number of hydrogen-bond acceptors (Lipinski definition) is 11. The molecule has 0 amide bonds. The number of hydrazone groups is 1. The Hall–Kier alpha value is -4.06. The first-order valence-electron chi connectivity index (χ1n) is 14.7. The summed E-state index contributed by atoms with van der Waals surface area (Å²) in [6.45, 7) is 14.9. The fraction of sp³-hybridized carbons (Fsp3) is 0.265. The third kappa shape index (κ3) is 6.38. The third-order valence-electron chi connectivity index (χ3n) is 7.66. The van der Waals surface area contributed by atoms with Crippen LogP contribution in [-0.4, -0.2) is 38.3 Å². The van der Waals surface area contributed by atoms with Crippen molar-refractivity contribution in [2.75, 3.05) is 21.9 Å². The minimum atomic E-state index is -0.372. The van der Waals surface area contributed by atoms with Crippen LogP contribution in [-0.2, 0) is 0 Å². The maximum atomic E-state index is 5.39. The SMILES string of the molecule is CSc1nsc(NN=C2C(C)=CC(N(c3nc4ccccc4s3)c3c(C)cc(C)cc3C)N=C2Nc2c(C)cc(C)cc2C)n1. The summed E-state index contributed by atoms with van der Waals surface area (Å²) in [4.78, 5) is 17.3. The molecule has 8 nitrogen and oxygen atoms in total. The van der Waals surface area contributed by atoms with Crippen LogP contribution in [0.5, 0.6) is 0 Å². The van der Waals surface area contributed by atoms with E-state index >= 15 is 0 Å². The molecule has 1 aliphatic rings. The number of thiazole rings is 1. The number of nitrogens with one attached hydrogen (secondary N) is 2. The third-order valence-corrected chi connectivity index (χ3v) is 9.98. The van der Waals surface area contributed by atoms with Gasteiger partial charge in [0.1, 0.15) is 11.9 Å². The van der Waals surface area contributed by atoms with Crippen LogP contribution in [0.2, 0.25) is 0 Å². The predicted octanol–water partition coefficient (Wildman–Crippen LogP) is 9.12. The summed E-state index contributed by atoms with van der Waals surface area (Å²) < 4.78 is 5.50. The zero-order chi connectivity index (χ0) is 31.8. The second-order valence-corrected chi connectivity index (χ2v) is 13.9. The smallest absolute Gasteiger partial charge is 0.223 e. The lowest BCUT2D eigenvalue weighted by Crippen LogP contribution is -2.38. The van der Waals surface area contributed by atoms with E-state index < -0.39 is 0 Å². The number of para-hydroxylation sites is 1. The molecule has 0 bridgehead atoms. The van der Waals surface area contributed by atoms with Gasteiger partial charge in [-0.3, -0.25) is 10.3 Å². The number of benzene rings is 3. The van der Waals surface area contributed by atoms with Crippen LogP contribution in [0.4, 0.5) is 21.6 Å². The Morgan fingerprint density at radius 2 is 1.53 bits per heavy atom. The highest BCUT2D eigenvalue weighted by molar-refractivity contribution is 7.98. The summed E-state index contributed by atoms with van der Waals surface area (Å²) in [5.41, 5.74) is 15.0. The number of aliphatic imine (C=N–C) groups is 1. The highest BCUT2D eigenvalue weighted by atomic mass is 32.2. The van der Waals surface area contributed by atoms with Crippen LogP contribution in [0, 0.1) is 41.5 Å². The molecule has 0 saturated carbocycles. The molecule has 11 heteroatoms. The molecule has 2 aromatic heterocycles. The first kappa shape index (κ1) is 30.9. The molecule has 0 saturated heterocycles. The number of amidine groups is 1. The second kappa shape index (κ2) is 12.7. The normalized spacial score (nSPS) is 15.7. The molecule has 0 aliphatic carbocycles. The van der Waals surface area contributed by atoms with Crippen molar-refractivity contribution in [1.29, 1.82) is 0 Å². The maximum Gasteiger partial charge on any atom is 0.223 e. The fourth-order valence-electron chi connectivity index (χ4n) is 5.88. The number of dihydropyridines is 1. The molecule has 1 unspecified atom stereocenters. The number of aryl methyl sites for hydroxylation is 6. The van der Waals surface area contributed by atoms with Crippen molar-refractivity contribution in [3.05, 3.63) is 93.6 Å². The average Bonchev–Trinajstić information content (AvgIpc) is 3.63. The molecule has 6 rings (SSSR count). The van der Waals surface area contributed by atoms with Crippen LogP contribution < -0.4 is 15.6 Å². The standard InChI is InChI=1S/C34H36N8S3/c1-18-13-20(3)28(21(4)14-18)37-31-29(39-40-32-38-33(43-8)41-45-32)22(5)17-27(36-31)42(30-23(6)15-19(2)16-24(30)7)34-35-25-11-9-10-12-26(25)44-34/h9-17,27H,1-8H3,(H,36,37)(H,38,40,41). The van der Waals surface area contributed by atoms with Crippen molar-refractivity contribution in [3.63, 3.8) is 0 Å². The monoisotopic (exact) mass is 652 g/mol. The van der Waals surface area contributed by atoms with E-state index in [0.29, 0.717) is 21.8 Å². The topological polar surface area (TPSA) is 90.7 Å². The van der Waals surface area contributed by atoms with E-state index in [0.717, 1.165) is 43.4 Å². The van der Waals surface area contributed by atoms with Gasteiger partial charge in [0.25, 0.3) is 0 Å². The minimum absolute atomic E-state index is 0.372. The summed E-state index contributed by atoms with van der Waals surface area (Å²) >= 11 is 4.47. The number of nitrogens with zero attached hydrogens (tertiary/aromatic N) is 6. The average molecular weight is 653 g/mol. The van der Waals surface area contributed by atoms with Crippen molar-refractivity contribution in [1.82, 2.24) is 14.3 Å². The first-order chi connectivity index (χ1) is 21.6. The molecule has 3 aromatic carbocycles. The number of anilines is 4. The van der Waals surface area contributed by atoms with E-state index in [1.807, 2.05) is 12.3 Å². The van der Waals surface area contributed by atoms with E-state index in [1.165, 1.54) is 45.5 Å². The maximum absolute atomic E-state index is 5.39. The second-order valence-electron chi connectivity index (χ2n) is 11.4. The van der Waals surface area contributed by atoms with Crippen LogP contribution in [0.25, 0.3) is 10.2 Å².